The van der Waals surface area contributed by atoms with Crippen LogP contribution in [-0.4, -0.2) is 22.0 Å². The third kappa shape index (κ3) is 5.22. The molecular formula is C13H21BrN2O2S. The first-order chi connectivity index (χ1) is 8.86. The fourth-order valence-electron chi connectivity index (χ4n) is 1.64. The van der Waals surface area contributed by atoms with E-state index in [1.165, 1.54) is 0 Å². The second kappa shape index (κ2) is 7.38. The summed E-state index contributed by atoms with van der Waals surface area (Å²) in [6.45, 7) is 5.30. The standard InChI is InChI=1S/C13H21BrN2O2S/c1-10(2)6-7-16-19(17,18)13-5-4-11(9-15-3)8-12(13)14/h4-5,8,10,15-16H,6-7,9H2,1-3H3. The molecule has 0 saturated carbocycles. The summed E-state index contributed by atoms with van der Waals surface area (Å²) in [6, 6.07) is 5.28. The molecule has 1 rings (SSSR count). The lowest BCUT2D eigenvalue weighted by Gasteiger charge is -2.11. The largest absolute Gasteiger partial charge is 0.316 e. The molecule has 0 radical (unpaired) electrons. The molecule has 2 N–H and O–H groups in total. The van der Waals surface area contributed by atoms with Gasteiger partial charge >= 0.3 is 0 Å². The van der Waals surface area contributed by atoms with Crippen LogP contribution in [0.15, 0.2) is 27.6 Å². The zero-order valence-electron chi connectivity index (χ0n) is 11.5. The summed E-state index contributed by atoms with van der Waals surface area (Å²) in [5.41, 5.74) is 1.04. The molecule has 1 aromatic rings. The topological polar surface area (TPSA) is 58.2 Å². The highest BCUT2D eigenvalue weighted by molar-refractivity contribution is 9.10. The van der Waals surface area contributed by atoms with E-state index in [1.54, 1.807) is 6.07 Å². The number of halogens is 1. The van der Waals surface area contributed by atoms with Gasteiger partial charge in [0.2, 0.25) is 10.0 Å². The Morgan fingerprint density at radius 3 is 2.53 bits per heavy atom. The van der Waals surface area contributed by atoms with Crippen LogP contribution in [0.1, 0.15) is 25.8 Å². The third-order valence-corrected chi connectivity index (χ3v) is 5.12. The van der Waals surface area contributed by atoms with Crippen LogP contribution in [-0.2, 0) is 16.6 Å². The van der Waals surface area contributed by atoms with E-state index in [-0.39, 0.29) is 4.90 Å². The summed E-state index contributed by atoms with van der Waals surface area (Å²) in [6.07, 6.45) is 0.828. The monoisotopic (exact) mass is 348 g/mol. The van der Waals surface area contributed by atoms with Crippen molar-refractivity contribution in [1.82, 2.24) is 10.0 Å². The smallest absolute Gasteiger partial charge is 0.241 e. The van der Waals surface area contributed by atoms with Gasteiger partial charge in [-0.1, -0.05) is 19.9 Å². The van der Waals surface area contributed by atoms with Gasteiger partial charge < -0.3 is 5.32 Å². The van der Waals surface area contributed by atoms with Gasteiger partial charge in [-0.05, 0) is 53.0 Å². The average Bonchev–Trinajstić information content (AvgIpc) is 2.28. The van der Waals surface area contributed by atoms with Gasteiger partial charge in [-0.2, -0.15) is 0 Å². The van der Waals surface area contributed by atoms with Crippen LogP contribution in [0.4, 0.5) is 0 Å². The molecule has 0 unspecified atom stereocenters. The van der Waals surface area contributed by atoms with Crippen LogP contribution in [0.2, 0.25) is 0 Å². The Balaban J connectivity index is 2.83. The van der Waals surface area contributed by atoms with E-state index in [2.05, 4.69) is 39.8 Å². The number of hydrogen-bond donors (Lipinski definition) is 2. The second-order valence-corrected chi connectivity index (χ2v) is 7.47. The minimum atomic E-state index is -3.44. The predicted molar refractivity (Wildman–Crippen MR) is 81.5 cm³/mol. The van der Waals surface area contributed by atoms with Crippen LogP contribution in [0, 0.1) is 5.92 Å². The molecule has 1 aromatic carbocycles. The molecule has 19 heavy (non-hydrogen) atoms. The molecule has 0 heterocycles. The van der Waals surface area contributed by atoms with Crippen molar-refractivity contribution in [2.45, 2.75) is 31.7 Å². The van der Waals surface area contributed by atoms with E-state index in [0.29, 0.717) is 23.5 Å². The normalized spacial score (nSPS) is 12.1. The minimum absolute atomic E-state index is 0.288. The molecular weight excluding hydrogens is 328 g/mol. The first-order valence-electron chi connectivity index (χ1n) is 6.29. The zero-order valence-corrected chi connectivity index (χ0v) is 13.9. The molecule has 0 aromatic heterocycles. The molecule has 0 fully saturated rings. The molecule has 0 aliphatic carbocycles. The van der Waals surface area contributed by atoms with Gasteiger partial charge in [-0.25, -0.2) is 13.1 Å². The van der Waals surface area contributed by atoms with Crippen LogP contribution >= 0.6 is 15.9 Å². The molecule has 0 atom stereocenters. The highest BCUT2D eigenvalue weighted by Gasteiger charge is 2.17. The summed E-state index contributed by atoms with van der Waals surface area (Å²) in [5, 5.41) is 3.03. The van der Waals surface area contributed by atoms with Crippen LogP contribution in [0.25, 0.3) is 0 Å². The van der Waals surface area contributed by atoms with E-state index in [4.69, 9.17) is 0 Å². The van der Waals surface area contributed by atoms with Crippen molar-refractivity contribution in [2.24, 2.45) is 5.92 Å². The second-order valence-electron chi connectivity index (χ2n) is 4.88. The fourth-order valence-corrected chi connectivity index (χ4v) is 3.81. The van der Waals surface area contributed by atoms with Gasteiger partial charge in [0, 0.05) is 17.6 Å². The summed E-state index contributed by atoms with van der Waals surface area (Å²) in [7, 11) is -1.58. The van der Waals surface area contributed by atoms with E-state index >= 15 is 0 Å². The molecule has 0 bridgehead atoms. The van der Waals surface area contributed by atoms with Gasteiger partial charge in [0.15, 0.2) is 0 Å². The van der Waals surface area contributed by atoms with Crippen molar-refractivity contribution in [3.8, 4) is 0 Å². The summed E-state index contributed by atoms with van der Waals surface area (Å²) < 4.78 is 27.5. The maximum absolute atomic E-state index is 12.1. The van der Waals surface area contributed by atoms with Crippen molar-refractivity contribution in [3.63, 3.8) is 0 Å². The number of benzene rings is 1. The lowest BCUT2D eigenvalue weighted by molar-refractivity contribution is 0.551. The highest BCUT2D eigenvalue weighted by Crippen LogP contribution is 2.23. The van der Waals surface area contributed by atoms with Gasteiger partial charge in [0.05, 0.1) is 4.90 Å². The van der Waals surface area contributed by atoms with Gasteiger partial charge in [-0.3, -0.25) is 0 Å². The maximum atomic E-state index is 12.1. The lowest BCUT2D eigenvalue weighted by atomic mass is 10.1. The zero-order chi connectivity index (χ0) is 14.5. The van der Waals surface area contributed by atoms with Crippen LogP contribution in [0.5, 0.6) is 0 Å². The molecule has 0 spiro atoms. The first-order valence-corrected chi connectivity index (χ1v) is 8.57. The molecule has 6 heteroatoms. The number of rotatable bonds is 7. The summed E-state index contributed by atoms with van der Waals surface area (Å²) in [5.74, 6) is 0.476. The van der Waals surface area contributed by atoms with Gasteiger partial charge in [0.1, 0.15) is 0 Å². The Kier molecular flexibility index (Phi) is 6.46. The van der Waals surface area contributed by atoms with Crippen LogP contribution in [0.3, 0.4) is 0 Å². The predicted octanol–water partition coefficient (Wildman–Crippen LogP) is 2.49. The van der Waals surface area contributed by atoms with Crippen molar-refractivity contribution < 1.29 is 8.42 Å². The van der Waals surface area contributed by atoms with Crippen molar-refractivity contribution in [3.05, 3.63) is 28.2 Å². The minimum Gasteiger partial charge on any atom is -0.316 e. The van der Waals surface area contributed by atoms with Gasteiger partial charge in [-0.15, -0.1) is 0 Å². The molecule has 0 amide bonds. The average molecular weight is 349 g/mol. The molecule has 4 nitrogen and oxygen atoms in total. The highest BCUT2D eigenvalue weighted by atomic mass is 79.9. The van der Waals surface area contributed by atoms with Crippen molar-refractivity contribution in [1.29, 1.82) is 0 Å². The molecule has 108 valence electrons. The van der Waals surface area contributed by atoms with Gasteiger partial charge in [0.25, 0.3) is 0 Å². The van der Waals surface area contributed by atoms with Crippen molar-refractivity contribution >= 4 is 26.0 Å². The van der Waals surface area contributed by atoms with Crippen LogP contribution < -0.4 is 10.0 Å². The number of sulfonamides is 1. The fraction of sp³-hybridized carbons (Fsp3) is 0.538. The van der Waals surface area contributed by atoms with E-state index < -0.39 is 10.0 Å². The number of nitrogens with one attached hydrogen (secondary N) is 2. The number of hydrogen-bond acceptors (Lipinski definition) is 3. The molecule has 0 saturated heterocycles. The Hall–Kier alpha value is -0.430. The SMILES string of the molecule is CNCc1ccc(S(=O)(=O)NCCC(C)C)c(Br)c1. The molecule has 0 aliphatic heterocycles. The summed E-state index contributed by atoms with van der Waals surface area (Å²) >= 11 is 3.33. The maximum Gasteiger partial charge on any atom is 0.241 e. The molecule has 0 aliphatic rings. The van der Waals surface area contributed by atoms with E-state index in [9.17, 15) is 8.42 Å². The Morgan fingerprint density at radius 1 is 1.32 bits per heavy atom. The van der Waals surface area contributed by atoms with Crippen molar-refractivity contribution in [2.75, 3.05) is 13.6 Å². The van der Waals surface area contributed by atoms with E-state index in [0.717, 1.165) is 12.0 Å². The lowest BCUT2D eigenvalue weighted by Crippen LogP contribution is -2.26. The van der Waals surface area contributed by atoms with E-state index in [1.807, 2.05) is 19.2 Å². The Morgan fingerprint density at radius 2 is 2.00 bits per heavy atom. The third-order valence-electron chi connectivity index (χ3n) is 2.68. The Labute approximate surface area is 124 Å². The first kappa shape index (κ1) is 16.6. The quantitative estimate of drug-likeness (QED) is 0.795. The Bertz CT molecular complexity index is 515. The summed E-state index contributed by atoms with van der Waals surface area (Å²) in [4.78, 5) is 0.288.